The van der Waals surface area contributed by atoms with Crippen LogP contribution in [0.2, 0.25) is 0 Å². The standard InChI is InChI=1S/C26H34O4/c1-4-22(27)29-18-7-8-19-17(16-18)6-9-21-20(19)10-11-24(3)25(21)12-14-26(24,15-13-25)30-23(28)5-2/h7-8,16,20-21H,4-6,9-15H2,1-3H3/t20-,21-,24+,25-,26+/m1/s1. The van der Waals surface area contributed by atoms with E-state index in [1.807, 2.05) is 19.9 Å². The Kier molecular flexibility index (Phi) is 4.57. The Bertz CT molecular complexity index is 879. The van der Waals surface area contributed by atoms with Crippen LogP contribution in [0, 0.1) is 16.7 Å². The number of benzene rings is 1. The molecule has 4 heteroatoms. The second kappa shape index (κ2) is 6.83. The van der Waals surface area contributed by atoms with Crippen molar-refractivity contribution < 1.29 is 19.1 Å². The van der Waals surface area contributed by atoms with E-state index in [9.17, 15) is 9.59 Å². The van der Waals surface area contributed by atoms with Crippen molar-refractivity contribution in [1.82, 2.24) is 0 Å². The molecule has 0 amide bonds. The highest BCUT2D eigenvalue weighted by molar-refractivity contribution is 5.72. The summed E-state index contributed by atoms with van der Waals surface area (Å²) in [5, 5.41) is 0. The van der Waals surface area contributed by atoms with Crippen molar-refractivity contribution in [2.75, 3.05) is 0 Å². The van der Waals surface area contributed by atoms with E-state index in [2.05, 4.69) is 19.1 Å². The van der Waals surface area contributed by atoms with Gasteiger partial charge in [0.05, 0.1) is 0 Å². The summed E-state index contributed by atoms with van der Waals surface area (Å²) in [5.74, 6) is 1.72. The number of carbonyl (C=O) groups excluding carboxylic acids is 2. The smallest absolute Gasteiger partial charge is 0.310 e. The molecular formula is C26H34O4. The van der Waals surface area contributed by atoms with E-state index in [1.54, 1.807) is 0 Å². The van der Waals surface area contributed by atoms with E-state index in [0.717, 1.165) is 32.1 Å². The molecule has 162 valence electrons. The molecular weight excluding hydrogens is 376 g/mol. The van der Waals surface area contributed by atoms with Gasteiger partial charge in [0, 0.05) is 18.3 Å². The summed E-state index contributed by atoms with van der Waals surface area (Å²) in [7, 11) is 0. The highest BCUT2D eigenvalue weighted by Crippen LogP contribution is 2.78. The summed E-state index contributed by atoms with van der Waals surface area (Å²) in [5.41, 5.74) is 3.00. The highest BCUT2D eigenvalue weighted by Gasteiger charge is 2.75. The first-order valence-electron chi connectivity index (χ1n) is 11.9. The van der Waals surface area contributed by atoms with Crippen molar-refractivity contribution in [3.8, 4) is 5.75 Å². The molecule has 1 aromatic rings. The van der Waals surface area contributed by atoms with E-state index < -0.39 is 0 Å². The summed E-state index contributed by atoms with van der Waals surface area (Å²) >= 11 is 0. The Hall–Kier alpha value is -1.84. The van der Waals surface area contributed by atoms with Gasteiger partial charge in [-0.15, -0.1) is 0 Å². The van der Waals surface area contributed by atoms with Gasteiger partial charge in [-0.3, -0.25) is 9.59 Å². The van der Waals surface area contributed by atoms with Gasteiger partial charge in [-0.1, -0.05) is 26.8 Å². The van der Waals surface area contributed by atoms with Gasteiger partial charge in [0.2, 0.25) is 0 Å². The molecule has 0 spiro atoms. The molecule has 3 fully saturated rings. The lowest BCUT2D eigenvalue weighted by Gasteiger charge is -2.57. The zero-order chi connectivity index (χ0) is 21.1. The predicted molar refractivity (Wildman–Crippen MR) is 114 cm³/mol. The SMILES string of the molecule is CCC(=O)Oc1ccc2c(c1)CC[C@@H]1[C@@H]2CC[C@]2(C)[C@]3(OC(=O)CC)CC[C@@]12CC3. The summed E-state index contributed by atoms with van der Waals surface area (Å²) < 4.78 is 11.7. The average molecular weight is 411 g/mol. The van der Waals surface area contributed by atoms with Crippen LogP contribution in [0.15, 0.2) is 18.2 Å². The van der Waals surface area contributed by atoms with Crippen molar-refractivity contribution in [2.45, 2.75) is 96.5 Å². The van der Waals surface area contributed by atoms with Crippen LogP contribution in [0.4, 0.5) is 0 Å². The van der Waals surface area contributed by atoms with Crippen molar-refractivity contribution >= 4 is 11.9 Å². The first-order chi connectivity index (χ1) is 14.4. The highest BCUT2D eigenvalue weighted by atomic mass is 16.6. The molecule has 2 bridgehead atoms. The molecule has 0 unspecified atom stereocenters. The Morgan fingerprint density at radius 1 is 1.00 bits per heavy atom. The molecule has 4 nitrogen and oxygen atoms in total. The quantitative estimate of drug-likeness (QED) is 0.471. The lowest BCUT2D eigenvalue weighted by Crippen LogP contribution is -2.53. The van der Waals surface area contributed by atoms with Crippen LogP contribution in [-0.4, -0.2) is 17.5 Å². The van der Waals surface area contributed by atoms with Crippen molar-refractivity contribution in [2.24, 2.45) is 16.7 Å². The number of rotatable bonds is 4. The first kappa shape index (κ1) is 20.1. The fourth-order valence-corrected chi connectivity index (χ4v) is 8.04. The van der Waals surface area contributed by atoms with Crippen LogP contribution in [0.1, 0.15) is 95.6 Å². The molecule has 0 saturated heterocycles. The maximum atomic E-state index is 12.3. The van der Waals surface area contributed by atoms with Crippen LogP contribution >= 0.6 is 0 Å². The third kappa shape index (κ3) is 2.51. The number of carbonyl (C=O) groups is 2. The second-order valence-electron chi connectivity index (χ2n) is 10.3. The summed E-state index contributed by atoms with van der Waals surface area (Å²) in [4.78, 5) is 24.0. The van der Waals surface area contributed by atoms with Crippen LogP contribution in [-0.2, 0) is 20.7 Å². The van der Waals surface area contributed by atoms with Crippen LogP contribution in [0.3, 0.4) is 0 Å². The lowest BCUT2D eigenvalue weighted by molar-refractivity contribution is -0.176. The largest absolute Gasteiger partial charge is 0.458 e. The normalized spacial score (nSPS) is 38.4. The van der Waals surface area contributed by atoms with Gasteiger partial charge in [-0.05, 0) is 91.9 Å². The molecule has 1 aromatic carbocycles. The van der Waals surface area contributed by atoms with Crippen molar-refractivity contribution in [1.29, 1.82) is 0 Å². The molecule has 4 aliphatic rings. The minimum atomic E-state index is -0.233. The molecule has 5 rings (SSSR count). The van der Waals surface area contributed by atoms with Gasteiger partial charge in [0.25, 0.3) is 0 Å². The van der Waals surface area contributed by atoms with Crippen molar-refractivity contribution in [3.05, 3.63) is 29.3 Å². The van der Waals surface area contributed by atoms with E-state index in [-0.39, 0.29) is 23.0 Å². The average Bonchev–Trinajstić information content (AvgIpc) is 3.15. The number of hydrogen-bond acceptors (Lipinski definition) is 4. The van der Waals surface area contributed by atoms with E-state index >= 15 is 0 Å². The van der Waals surface area contributed by atoms with E-state index in [4.69, 9.17) is 9.47 Å². The molecule has 0 N–H and O–H groups in total. The maximum absolute atomic E-state index is 12.3. The van der Waals surface area contributed by atoms with Crippen LogP contribution in [0.5, 0.6) is 5.75 Å². The minimum Gasteiger partial charge on any atom is -0.458 e. The van der Waals surface area contributed by atoms with Gasteiger partial charge in [0.1, 0.15) is 11.4 Å². The van der Waals surface area contributed by atoms with E-state index in [0.29, 0.717) is 35.8 Å². The number of fused-ring (bicyclic) bond motifs is 3. The minimum absolute atomic E-state index is 0.0285. The second-order valence-corrected chi connectivity index (χ2v) is 10.3. The third-order valence-electron chi connectivity index (χ3n) is 9.56. The van der Waals surface area contributed by atoms with Crippen LogP contribution in [0.25, 0.3) is 0 Å². The summed E-state index contributed by atoms with van der Waals surface area (Å²) in [6, 6.07) is 6.30. The Morgan fingerprint density at radius 3 is 2.43 bits per heavy atom. The zero-order valence-corrected chi connectivity index (χ0v) is 18.6. The molecule has 0 radical (unpaired) electrons. The molecule has 4 aliphatic carbocycles. The van der Waals surface area contributed by atoms with E-state index in [1.165, 1.54) is 30.4 Å². The lowest BCUT2D eigenvalue weighted by atomic mass is 9.48. The molecule has 3 atom stereocenters. The molecule has 0 aromatic heterocycles. The van der Waals surface area contributed by atoms with Gasteiger partial charge >= 0.3 is 11.9 Å². The molecule has 30 heavy (non-hydrogen) atoms. The molecule has 3 saturated carbocycles. The van der Waals surface area contributed by atoms with Crippen LogP contribution < -0.4 is 4.74 Å². The first-order valence-corrected chi connectivity index (χ1v) is 11.9. The number of esters is 2. The molecule has 0 aliphatic heterocycles. The summed E-state index contributed by atoms with van der Waals surface area (Å²) in [6.07, 6.45) is 9.87. The molecule has 0 heterocycles. The van der Waals surface area contributed by atoms with Gasteiger partial charge in [-0.25, -0.2) is 0 Å². The third-order valence-corrected chi connectivity index (χ3v) is 9.56. The Labute approximate surface area is 179 Å². The topological polar surface area (TPSA) is 52.6 Å². The Balaban J connectivity index is 1.45. The van der Waals surface area contributed by atoms with Gasteiger partial charge < -0.3 is 9.47 Å². The van der Waals surface area contributed by atoms with Crippen molar-refractivity contribution in [3.63, 3.8) is 0 Å². The monoisotopic (exact) mass is 410 g/mol. The number of ether oxygens (including phenoxy) is 2. The zero-order valence-electron chi connectivity index (χ0n) is 18.6. The summed E-state index contributed by atoms with van der Waals surface area (Å²) in [6.45, 7) is 6.17. The Morgan fingerprint density at radius 2 is 1.73 bits per heavy atom. The van der Waals surface area contributed by atoms with Gasteiger partial charge in [0.15, 0.2) is 0 Å². The predicted octanol–water partition coefficient (Wildman–Crippen LogP) is 5.71. The van der Waals surface area contributed by atoms with Gasteiger partial charge in [-0.2, -0.15) is 0 Å². The fraction of sp³-hybridized carbons (Fsp3) is 0.692. The maximum Gasteiger partial charge on any atom is 0.310 e. The fourth-order valence-electron chi connectivity index (χ4n) is 8.04. The number of aryl methyl sites for hydroxylation is 1. The number of hydrogen-bond donors (Lipinski definition) is 0.